The fourth-order valence-corrected chi connectivity index (χ4v) is 4.51. The van der Waals surface area contributed by atoms with Crippen molar-refractivity contribution in [2.45, 2.75) is 31.1 Å². The summed E-state index contributed by atoms with van der Waals surface area (Å²) in [5.74, 6) is 1.10. The summed E-state index contributed by atoms with van der Waals surface area (Å²) in [6, 6.07) is 11.6. The van der Waals surface area contributed by atoms with Crippen LogP contribution < -0.4 is 4.74 Å². The highest BCUT2D eigenvalue weighted by molar-refractivity contribution is 8.00. The average Bonchev–Trinajstić information content (AvgIpc) is 2.79. The van der Waals surface area contributed by atoms with E-state index in [4.69, 9.17) is 9.47 Å². The monoisotopic (exact) mass is 428 g/mol. The van der Waals surface area contributed by atoms with Gasteiger partial charge in [0.25, 0.3) is 0 Å². The second kappa shape index (κ2) is 10.5. The van der Waals surface area contributed by atoms with Crippen molar-refractivity contribution >= 4 is 23.6 Å². The summed E-state index contributed by atoms with van der Waals surface area (Å²) in [6.07, 6.45) is 5.25. The predicted molar refractivity (Wildman–Crippen MR) is 117 cm³/mol. The van der Waals surface area contributed by atoms with Gasteiger partial charge in [0, 0.05) is 30.4 Å². The summed E-state index contributed by atoms with van der Waals surface area (Å²) in [5, 5.41) is 0. The molecule has 0 bridgehead atoms. The molecule has 0 aliphatic carbocycles. The molecule has 1 aromatic carbocycles. The Bertz CT molecular complexity index is 834. The molecular formula is C23H28N2O4S. The number of carbonyl (C=O) groups is 2. The highest BCUT2D eigenvalue weighted by Crippen LogP contribution is 2.37. The van der Waals surface area contributed by atoms with E-state index < -0.39 is 5.41 Å². The Balaban J connectivity index is 1.63. The molecule has 1 aromatic heterocycles. The van der Waals surface area contributed by atoms with Gasteiger partial charge in [-0.15, -0.1) is 11.8 Å². The number of likely N-dealkylation sites (tertiary alicyclic amines) is 1. The Morgan fingerprint density at radius 3 is 2.37 bits per heavy atom. The van der Waals surface area contributed by atoms with Gasteiger partial charge in [0.15, 0.2) is 0 Å². The quantitative estimate of drug-likeness (QED) is 0.473. The fourth-order valence-electron chi connectivity index (χ4n) is 3.73. The van der Waals surface area contributed by atoms with Gasteiger partial charge < -0.3 is 14.4 Å². The summed E-state index contributed by atoms with van der Waals surface area (Å²) >= 11 is 1.51. The number of hydrogen-bond donors (Lipinski definition) is 0. The van der Waals surface area contributed by atoms with Crippen LogP contribution in [0.5, 0.6) is 5.75 Å². The van der Waals surface area contributed by atoms with Crippen LogP contribution in [-0.4, -0.2) is 54.3 Å². The van der Waals surface area contributed by atoms with Crippen molar-refractivity contribution in [1.82, 2.24) is 9.88 Å². The van der Waals surface area contributed by atoms with E-state index in [2.05, 4.69) is 4.98 Å². The van der Waals surface area contributed by atoms with E-state index in [-0.39, 0.29) is 11.9 Å². The molecule has 1 fully saturated rings. The first kappa shape index (κ1) is 22.2. The zero-order valence-electron chi connectivity index (χ0n) is 17.5. The van der Waals surface area contributed by atoms with E-state index in [1.807, 2.05) is 48.2 Å². The lowest BCUT2D eigenvalue weighted by atomic mass is 9.73. The van der Waals surface area contributed by atoms with Gasteiger partial charge in [-0.1, -0.05) is 12.1 Å². The van der Waals surface area contributed by atoms with Crippen LogP contribution >= 0.6 is 11.8 Å². The van der Waals surface area contributed by atoms with Gasteiger partial charge in [-0.05, 0) is 56.0 Å². The SMILES string of the molecule is CCOC(=O)C1(Cc2ccc(OC)cc2)CCN(C(=O)CSc2ccncc2)CC1. The minimum Gasteiger partial charge on any atom is -0.497 e. The molecule has 0 saturated carbocycles. The van der Waals surface area contributed by atoms with Gasteiger partial charge in [-0.25, -0.2) is 0 Å². The number of benzene rings is 1. The molecule has 2 aromatic rings. The van der Waals surface area contributed by atoms with E-state index in [9.17, 15) is 9.59 Å². The number of rotatable bonds is 8. The van der Waals surface area contributed by atoms with Crippen LogP contribution in [0.2, 0.25) is 0 Å². The van der Waals surface area contributed by atoms with E-state index in [0.29, 0.717) is 44.7 Å². The number of methoxy groups -OCH3 is 1. The van der Waals surface area contributed by atoms with Crippen molar-refractivity contribution in [3.63, 3.8) is 0 Å². The van der Waals surface area contributed by atoms with E-state index in [1.54, 1.807) is 19.5 Å². The maximum Gasteiger partial charge on any atom is 0.312 e. The van der Waals surface area contributed by atoms with E-state index in [0.717, 1.165) is 16.2 Å². The maximum atomic E-state index is 12.9. The minimum absolute atomic E-state index is 0.0960. The number of ether oxygens (including phenoxy) is 2. The number of piperidine rings is 1. The van der Waals surface area contributed by atoms with Crippen molar-refractivity contribution in [3.8, 4) is 5.75 Å². The number of amides is 1. The fraction of sp³-hybridized carbons (Fsp3) is 0.435. The summed E-state index contributed by atoms with van der Waals surface area (Å²) in [4.78, 5) is 32.4. The minimum atomic E-state index is -0.598. The summed E-state index contributed by atoms with van der Waals surface area (Å²) < 4.78 is 10.7. The third kappa shape index (κ3) is 5.53. The number of thioether (sulfide) groups is 1. The van der Waals surface area contributed by atoms with Gasteiger partial charge in [-0.2, -0.15) is 0 Å². The molecule has 1 aliphatic heterocycles. The Kier molecular flexibility index (Phi) is 7.74. The first-order valence-corrected chi connectivity index (χ1v) is 11.2. The lowest BCUT2D eigenvalue weighted by molar-refractivity contribution is -0.160. The van der Waals surface area contributed by atoms with Crippen LogP contribution in [-0.2, 0) is 20.7 Å². The summed E-state index contributed by atoms with van der Waals surface area (Å²) in [5.41, 5.74) is 0.469. The predicted octanol–water partition coefficient (Wildman–Crippen LogP) is 3.60. The summed E-state index contributed by atoms with van der Waals surface area (Å²) in [7, 11) is 1.63. The number of nitrogens with zero attached hydrogens (tertiary/aromatic N) is 2. The number of carbonyl (C=O) groups excluding carboxylic acids is 2. The largest absolute Gasteiger partial charge is 0.497 e. The highest BCUT2D eigenvalue weighted by Gasteiger charge is 2.43. The van der Waals surface area contributed by atoms with Crippen LogP contribution in [0.4, 0.5) is 0 Å². The van der Waals surface area contributed by atoms with Crippen molar-refractivity contribution in [1.29, 1.82) is 0 Å². The Hall–Kier alpha value is -2.54. The van der Waals surface area contributed by atoms with Gasteiger partial charge >= 0.3 is 5.97 Å². The molecule has 160 valence electrons. The lowest BCUT2D eigenvalue weighted by Gasteiger charge is -2.40. The Morgan fingerprint density at radius 2 is 1.77 bits per heavy atom. The zero-order chi connectivity index (χ0) is 21.4. The number of pyridine rings is 1. The third-order valence-corrected chi connectivity index (χ3v) is 6.49. The second-order valence-electron chi connectivity index (χ2n) is 7.38. The molecule has 1 aliphatic rings. The number of aromatic nitrogens is 1. The molecule has 6 nitrogen and oxygen atoms in total. The topological polar surface area (TPSA) is 68.7 Å². The Morgan fingerprint density at radius 1 is 1.10 bits per heavy atom. The zero-order valence-corrected chi connectivity index (χ0v) is 18.3. The highest BCUT2D eigenvalue weighted by atomic mass is 32.2. The molecule has 0 unspecified atom stereocenters. The van der Waals surface area contributed by atoms with Crippen LogP contribution in [0.25, 0.3) is 0 Å². The van der Waals surface area contributed by atoms with Crippen LogP contribution in [0.15, 0.2) is 53.7 Å². The second-order valence-corrected chi connectivity index (χ2v) is 8.43. The number of hydrogen-bond acceptors (Lipinski definition) is 6. The standard InChI is InChI=1S/C23H28N2O4S/c1-3-29-22(27)23(16-18-4-6-19(28-2)7-5-18)10-14-25(15-11-23)21(26)17-30-20-8-12-24-13-9-20/h4-9,12-13H,3,10-11,14-17H2,1-2H3. The van der Waals surface area contributed by atoms with Gasteiger partial charge in [-0.3, -0.25) is 14.6 Å². The summed E-state index contributed by atoms with van der Waals surface area (Å²) in [6.45, 7) is 3.30. The van der Waals surface area contributed by atoms with Gasteiger partial charge in [0.05, 0.1) is 24.9 Å². The first-order chi connectivity index (χ1) is 14.6. The van der Waals surface area contributed by atoms with Gasteiger partial charge in [0.2, 0.25) is 5.91 Å². The average molecular weight is 429 g/mol. The van der Waals surface area contributed by atoms with Crippen LogP contribution in [0, 0.1) is 5.41 Å². The molecule has 0 spiro atoms. The smallest absolute Gasteiger partial charge is 0.312 e. The molecule has 30 heavy (non-hydrogen) atoms. The van der Waals surface area contributed by atoms with Crippen LogP contribution in [0.1, 0.15) is 25.3 Å². The van der Waals surface area contributed by atoms with Crippen molar-refractivity contribution in [3.05, 3.63) is 54.4 Å². The Labute approximate surface area is 182 Å². The van der Waals surface area contributed by atoms with E-state index in [1.165, 1.54) is 11.8 Å². The molecule has 7 heteroatoms. The molecule has 0 N–H and O–H groups in total. The lowest BCUT2D eigenvalue weighted by Crippen LogP contribution is -2.48. The van der Waals surface area contributed by atoms with Crippen LogP contribution in [0.3, 0.4) is 0 Å². The molecule has 1 amide bonds. The number of esters is 1. The van der Waals surface area contributed by atoms with Crippen molar-refractivity contribution < 1.29 is 19.1 Å². The van der Waals surface area contributed by atoms with Crippen molar-refractivity contribution in [2.75, 3.05) is 32.6 Å². The van der Waals surface area contributed by atoms with E-state index >= 15 is 0 Å². The normalized spacial score (nSPS) is 15.5. The third-order valence-electron chi connectivity index (χ3n) is 5.50. The first-order valence-electron chi connectivity index (χ1n) is 10.2. The van der Waals surface area contributed by atoms with Crippen molar-refractivity contribution in [2.24, 2.45) is 5.41 Å². The maximum absolute atomic E-state index is 12.9. The van der Waals surface area contributed by atoms with Gasteiger partial charge in [0.1, 0.15) is 5.75 Å². The molecule has 3 rings (SSSR count). The molecule has 1 saturated heterocycles. The molecular weight excluding hydrogens is 400 g/mol. The molecule has 2 heterocycles. The molecule has 0 atom stereocenters. The molecule has 0 radical (unpaired) electrons.